The molecule has 29 heavy (non-hydrogen) atoms. The molecule has 1 aliphatic rings. The molecule has 1 aromatic heterocycles. The van der Waals surface area contributed by atoms with E-state index in [2.05, 4.69) is 15.3 Å². The molecule has 1 saturated heterocycles. The van der Waals surface area contributed by atoms with E-state index < -0.39 is 10.0 Å². The van der Waals surface area contributed by atoms with Gasteiger partial charge in [0.1, 0.15) is 5.75 Å². The zero-order valence-corrected chi connectivity index (χ0v) is 16.7. The first kappa shape index (κ1) is 20.6. The van der Waals surface area contributed by atoms with Crippen LogP contribution in [0.3, 0.4) is 0 Å². The van der Waals surface area contributed by atoms with Gasteiger partial charge in [0.2, 0.25) is 0 Å². The average Bonchev–Trinajstić information content (AvgIpc) is 3.19. The van der Waals surface area contributed by atoms with Crippen molar-refractivity contribution in [3.05, 3.63) is 48.7 Å². The van der Waals surface area contributed by atoms with Gasteiger partial charge in [0, 0.05) is 37.3 Å². The summed E-state index contributed by atoms with van der Waals surface area (Å²) in [6.45, 7) is 3.37. The third kappa shape index (κ3) is 4.33. The Balaban J connectivity index is 0.000000755. The first-order valence-electron chi connectivity index (χ1n) is 8.92. The second-order valence-electron chi connectivity index (χ2n) is 6.25. The van der Waals surface area contributed by atoms with E-state index in [1.807, 2.05) is 18.2 Å². The summed E-state index contributed by atoms with van der Waals surface area (Å²) in [6.07, 6.45) is 1.58. The SMILES string of the molecule is COc1ccc(S(=O)(=O)n2ncc3ccc(N4CCNCC4)cc32)cc1.O=CO. The molecule has 10 heteroatoms. The molecule has 3 aromatic rings. The number of rotatable bonds is 4. The summed E-state index contributed by atoms with van der Waals surface area (Å²) in [5.74, 6) is 0.607. The number of nitrogens with zero attached hydrogens (tertiary/aromatic N) is 3. The van der Waals surface area contributed by atoms with Crippen LogP contribution in [0.15, 0.2) is 53.6 Å². The van der Waals surface area contributed by atoms with Crippen LogP contribution < -0.4 is 15.0 Å². The molecule has 0 atom stereocenters. The van der Waals surface area contributed by atoms with Gasteiger partial charge in [-0.3, -0.25) is 4.79 Å². The van der Waals surface area contributed by atoms with Crippen LogP contribution >= 0.6 is 0 Å². The summed E-state index contributed by atoms with van der Waals surface area (Å²) < 4.78 is 32.3. The number of nitrogens with one attached hydrogen (secondary N) is 1. The van der Waals surface area contributed by atoms with Crippen molar-refractivity contribution in [2.45, 2.75) is 4.90 Å². The maximum absolute atomic E-state index is 13.0. The molecule has 0 aliphatic carbocycles. The number of carboxylic acid groups (broad SMARTS) is 1. The minimum Gasteiger partial charge on any atom is -0.497 e. The predicted octanol–water partition coefficient (Wildman–Crippen LogP) is 1.39. The van der Waals surface area contributed by atoms with Gasteiger partial charge in [0.05, 0.1) is 23.7 Å². The number of benzene rings is 2. The van der Waals surface area contributed by atoms with Gasteiger partial charge in [-0.05, 0) is 42.5 Å². The smallest absolute Gasteiger partial charge is 0.290 e. The normalized spacial score (nSPS) is 14.2. The Morgan fingerprint density at radius 2 is 1.79 bits per heavy atom. The fraction of sp³-hybridized carbons (Fsp3) is 0.263. The quantitative estimate of drug-likeness (QED) is 0.611. The van der Waals surface area contributed by atoms with Gasteiger partial charge in [-0.25, -0.2) is 0 Å². The van der Waals surface area contributed by atoms with E-state index in [0.717, 1.165) is 41.3 Å². The maximum atomic E-state index is 13.0. The van der Waals surface area contributed by atoms with E-state index in [9.17, 15) is 8.42 Å². The number of piperazine rings is 1. The molecule has 0 saturated carbocycles. The molecular weight excluding hydrogens is 396 g/mol. The second-order valence-corrected chi connectivity index (χ2v) is 8.02. The van der Waals surface area contributed by atoms with E-state index in [-0.39, 0.29) is 11.4 Å². The standard InChI is InChI=1S/C18H20N4O3S.CH2O2/c1-25-16-4-6-17(7-5-16)26(23,24)22-18-12-15(3-2-14(18)13-20-22)21-10-8-19-9-11-21;2-1-3/h2-7,12-13,19H,8-11H2,1H3;1H,(H,2,3). The van der Waals surface area contributed by atoms with Crippen LogP contribution in [0.2, 0.25) is 0 Å². The zero-order valence-electron chi connectivity index (χ0n) is 15.9. The van der Waals surface area contributed by atoms with Crippen molar-refractivity contribution in [1.29, 1.82) is 0 Å². The van der Waals surface area contributed by atoms with Gasteiger partial charge >= 0.3 is 0 Å². The number of fused-ring (bicyclic) bond motifs is 1. The van der Waals surface area contributed by atoms with E-state index in [4.69, 9.17) is 14.6 Å². The molecule has 0 spiro atoms. The molecule has 1 fully saturated rings. The highest BCUT2D eigenvalue weighted by Crippen LogP contribution is 2.26. The molecule has 2 N–H and O–H groups in total. The van der Waals surface area contributed by atoms with Crippen LogP contribution in [0.4, 0.5) is 5.69 Å². The monoisotopic (exact) mass is 418 g/mol. The summed E-state index contributed by atoms with van der Waals surface area (Å²) in [5.41, 5.74) is 1.59. The highest BCUT2D eigenvalue weighted by molar-refractivity contribution is 7.90. The summed E-state index contributed by atoms with van der Waals surface area (Å²) in [7, 11) is -2.23. The molecule has 1 aliphatic heterocycles. The number of hydrogen-bond donors (Lipinski definition) is 2. The molecule has 0 unspecified atom stereocenters. The topological polar surface area (TPSA) is 114 Å². The van der Waals surface area contributed by atoms with Crippen molar-refractivity contribution in [3.8, 4) is 5.75 Å². The summed E-state index contributed by atoms with van der Waals surface area (Å²) in [5, 5.41) is 15.1. The van der Waals surface area contributed by atoms with Gasteiger partial charge in [0.15, 0.2) is 0 Å². The minimum atomic E-state index is -3.78. The fourth-order valence-electron chi connectivity index (χ4n) is 3.14. The first-order valence-corrected chi connectivity index (χ1v) is 10.4. The van der Waals surface area contributed by atoms with Crippen molar-refractivity contribution >= 4 is 33.1 Å². The van der Waals surface area contributed by atoms with Crippen LogP contribution in [-0.4, -0.2) is 62.5 Å². The van der Waals surface area contributed by atoms with Crippen LogP contribution in [0.25, 0.3) is 10.9 Å². The first-order chi connectivity index (χ1) is 14.0. The van der Waals surface area contributed by atoms with Gasteiger partial charge in [-0.1, -0.05) is 0 Å². The van der Waals surface area contributed by atoms with Crippen molar-refractivity contribution in [2.24, 2.45) is 0 Å². The third-order valence-corrected chi connectivity index (χ3v) is 6.20. The number of aromatic nitrogens is 2. The molecule has 9 nitrogen and oxygen atoms in total. The molecule has 154 valence electrons. The van der Waals surface area contributed by atoms with Crippen LogP contribution in [-0.2, 0) is 14.8 Å². The highest BCUT2D eigenvalue weighted by Gasteiger charge is 2.21. The fourth-order valence-corrected chi connectivity index (χ4v) is 4.41. The Bertz CT molecular complexity index is 1070. The second kappa shape index (κ2) is 8.93. The van der Waals surface area contributed by atoms with E-state index in [1.165, 1.54) is 12.1 Å². The molecule has 0 amide bonds. The van der Waals surface area contributed by atoms with Gasteiger partial charge < -0.3 is 20.1 Å². The molecule has 0 bridgehead atoms. The largest absolute Gasteiger partial charge is 0.497 e. The lowest BCUT2D eigenvalue weighted by Gasteiger charge is -2.29. The van der Waals surface area contributed by atoms with Crippen molar-refractivity contribution in [2.75, 3.05) is 38.2 Å². The molecule has 4 rings (SSSR count). The van der Waals surface area contributed by atoms with Crippen molar-refractivity contribution in [3.63, 3.8) is 0 Å². The van der Waals surface area contributed by atoms with Gasteiger partial charge in [0.25, 0.3) is 16.5 Å². The third-order valence-electron chi connectivity index (χ3n) is 4.59. The molecule has 0 radical (unpaired) electrons. The minimum absolute atomic E-state index is 0.177. The van der Waals surface area contributed by atoms with Crippen molar-refractivity contribution in [1.82, 2.24) is 14.5 Å². The number of ether oxygens (including phenoxy) is 1. The number of anilines is 1. The van der Waals surface area contributed by atoms with Crippen LogP contribution in [0.1, 0.15) is 0 Å². The van der Waals surface area contributed by atoms with Crippen LogP contribution in [0, 0.1) is 0 Å². The maximum Gasteiger partial charge on any atom is 0.290 e. The lowest BCUT2D eigenvalue weighted by Crippen LogP contribution is -2.43. The number of carbonyl (C=O) groups is 1. The summed E-state index contributed by atoms with van der Waals surface area (Å²) in [4.78, 5) is 10.8. The Labute approximate surface area is 168 Å². The molecular formula is C19H22N4O5S. The van der Waals surface area contributed by atoms with Crippen molar-refractivity contribution < 1.29 is 23.1 Å². The van der Waals surface area contributed by atoms with Crippen LogP contribution in [0.5, 0.6) is 5.75 Å². The highest BCUT2D eigenvalue weighted by atomic mass is 32.2. The number of methoxy groups -OCH3 is 1. The van der Waals surface area contributed by atoms with E-state index in [0.29, 0.717) is 11.3 Å². The van der Waals surface area contributed by atoms with Gasteiger partial charge in [-0.15, -0.1) is 0 Å². The van der Waals surface area contributed by atoms with E-state index in [1.54, 1.807) is 25.4 Å². The molecule has 2 aromatic carbocycles. The Morgan fingerprint density at radius 1 is 1.14 bits per heavy atom. The molecule has 2 heterocycles. The average molecular weight is 418 g/mol. The lowest BCUT2D eigenvalue weighted by molar-refractivity contribution is -0.122. The number of hydrogen-bond acceptors (Lipinski definition) is 7. The Morgan fingerprint density at radius 3 is 2.41 bits per heavy atom. The lowest BCUT2D eigenvalue weighted by atomic mass is 10.2. The Hall–Kier alpha value is -3.11. The summed E-state index contributed by atoms with van der Waals surface area (Å²) >= 11 is 0. The van der Waals surface area contributed by atoms with Gasteiger partial charge in [-0.2, -0.15) is 17.6 Å². The zero-order chi connectivity index (χ0) is 20.9. The van der Waals surface area contributed by atoms with E-state index >= 15 is 0 Å². The predicted molar refractivity (Wildman–Crippen MR) is 109 cm³/mol. The summed E-state index contributed by atoms with van der Waals surface area (Å²) in [6, 6.07) is 12.1. The Kier molecular flexibility index (Phi) is 6.35.